The lowest BCUT2D eigenvalue weighted by Gasteiger charge is -2.40. The molecule has 0 radical (unpaired) electrons. The van der Waals surface area contributed by atoms with Crippen LogP contribution in [0.5, 0.6) is 0 Å². The number of nitrogens with zero attached hydrogens (tertiary/aromatic N) is 4. The number of carbonyl (C=O) groups excluding carboxylic acids is 1. The van der Waals surface area contributed by atoms with E-state index in [9.17, 15) is 4.79 Å². The number of hydrogen-bond donors (Lipinski definition) is 0. The van der Waals surface area contributed by atoms with Gasteiger partial charge in [0.2, 0.25) is 5.91 Å². The first-order chi connectivity index (χ1) is 13.2. The Balaban J connectivity index is 1.31. The van der Waals surface area contributed by atoms with Crippen LogP contribution in [-0.2, 0) is 11.3 Å². The smallest absolute Gasteiger partial charge is 0.227 e. The Labute approximate surface area is 160 Å². The third-order valence-corrected chi connectivity index (χ3v) is 5.74. The molecule has 2 aliphatic heterocycles. The molecule has 6 heteroatoms. The highest BCUT2D eigenvalue weighted by molar-refractivity contribution is 5.79. The van der Waals surface area contributed by atoms with Gasteiger partial charge in [-0.05, 0) is 50.1 Å². The first-order valence-electron chi connectivity index (χ1n) is 9.90. The van der Waals surface area contributed by atoms with E-state index in [1.165, 1.54) is 11.3 Å². The number of carbonyl (C=O) groups is 1. The Morgan fingerprint density at radius 1 is 1.22 bits per heavy atom. The molecule has 2 aromatic rings. The molecule has 2 saturated heterocycles. The highest BCUT2D eigenvalue weighted by atomic mass is 16.3. The average Bonchev–Trinajstić information content (AvgIpc) is 3.21. The van der Waals surface area contributed by atoms with Gasteiger partial charge in [-0.25, -0.2) is 0 Å². The van der Waals surface area contributed by atoms with Gasteiger partial charge in [-0.2, -0.15) is 0 Å². The van der Waals surface area contributed by atoms with E-state index in [1.54, 1.807) is 6.26 Å². The number of anilines is 1. The van der Waals surface area contributed by atoms with Crippen LogP contribution in [0.2, 0.25) is 0 Å². The van der Waals surface area contributed by atoms with Crippen LogP contribution in [0.3, 0.4) is 0 Å². The molecule has 0 spiro atoms. The van der Waals surface area contributed by atoms with Crippen LogP contribution in [0.25, 0.3) is 0 Å². The largest absolute Gasteiger partial charge is 0.468 e. The lowest BCUT2D eigenvalue weighted by molar-refractivity contribution is -0.137. The summed E-state index contributed by atoms with van der Waals surface area (Å²) in [4.78, 5) is 24.0. The van der Waals surface area contributed by atoms with Gasteiger partial charge in [-0.1, -0.05) is 0 Å². The quantitative estimate of drug-likeness (QED) is 0.830. The molecule has 4 heterocycles. The normalized spacial score (nSPS) is 21.4. The molecular weight excluding hydrogens is 340 g/mol. The van der Waals surface area contributed by atoms with E-state index in [1.807, 2.05) is 24.5 Å². The number of pyridine rings is 1. The SMILES string of the molecule is Cc1cnccc1N1CCN(C(=O)[C@@H]2CCCN(Cc3ccco3)C2)CC1. The molecule has 4 rings (SSSR count). The lowest BCUT2D eigenvalue weighted by atomic mass is 9.96. The number of amides is 1. The summed E-state index contributed by atoms with van der Waals surface area (Å²) in [5, 5.41) is 0. The topological polar surface area (TPSA) is 52.8 Å². The maximum absolute atomic E-state index is 13.1. The summed E-state index contributed by atoms with van der Waals surface area (Å²) in [5.74, 6) is 1.41. The van der Waals surface area contributed by atoms with Crippen molar-refractivity contribution in [1.82, 2.24) is 14.8 Å². The number of piperidine rings is 1. The van der Waals surface area contributed by atoms with Gasteiger partial charge < -0.3 is 14.2 Å². The number of furan rings is 1. The van der Waals surface area contributed by atoms with Crippen LogP contribution in [0.15, 0.2) is 41.3 Å². The maximum atomic E-state index is 13.1. The minimum atomic E-state index is 0.114. The summed E-state index contributed by atoms with van der Waals surface area (Å²) in [5.41, 5.74) is 2.43. The van der Waals surface area contributed by atoms with Crippen LogP contribution >= 0.6 is 0 Å². The van der Waals surface area contributed by atoms with Gasteiger partial charge in [-0.15, -0.1) is 0 Å². The predicted octanol–water partition coefficient (Wildman–Crippen LogP) is 2.54. The van der Waals surface area contributed by atoms with Crippen molar-refractivity contribution >= 4 is 11.6 Å². The Bertz CT molecular complexity index is 753. The molecule has 0 bridgehead atoms. The third-order valence-electron chi connectivity index (χ3n) is 5.74. The molecule has 1 amide bonds. The number of hydrogen-bond acceptors (Lipinski definition) is 5. The fourth-order valence-corrected chi connectivity index (χ4v) is 4.27. The minimum absolute atomic E-state index is 0.114. The summed E-state index contributed by atoms with van der Waals surface area (Å²) in [6.07, 6.45) is 7.54. The van der Waals surface area contributed by atoms with E-state index in [2.05, 4.69) is 32.7 Å². The van der Waals surface area contributed by atoms with Crippen LogP contribution in [-0.4, -0.2) is 60.0 Å². The van der Waals surface area contributed by atoms with Crippen molar-refractivity contribution in [3.63, 3.8) is 0 Å². The summed E-state index contributed by atoms with van der Waals surface area (Å²) in [6.45, 7) is 8.15. The molecule has 0 saturated carbocycles. The van der Waals surface area contributed by atoms with Crippen LogP contribution in [0.1, 0.15) is 24.2 Å². The molecule has 6 nitrogen and oxygen atoms in total. The zero-order valence-electron chi connectivity index (χ0n) is 16.0. The molecule has 2 aliphatic rings. The molecule has 144 valence electrons. The maximum Gasteiger partial charge on any atom is 0.227 e. The van der Waals surface area contributed by atoms with Crippen LogP contribution < -0.4 is 4.90 Å². The molecule has 0 N–H and O–H groups in total. The van der Waals surface area contributed by atoms with Crippen molar-refractivity contribution in [1.29, 1.82) is 0 Å². The standard InChI is InChI=1S/C21H28N4O2/c1-17-14-22-7-6-20(17)24-9-11-25(12-10-24)21(26)18-4-2-8-23(15-18)16-19-5-3-13-27-19/h3,5-7,13-14,18H,2,4,8-12,15-16H2,1H3/t18-/m1/s1. The number of likely N-dealkylation sites (tertiary alicyclic amines) is 1. The van der Waals surface area contributed by atoms with E-state index in [0.29, 0.717) is 5.91 Å². The van der Waals surface area contributed by atoms with Gasteiger partial charge in [0.1, 0.15) is 5.76 Å². The second-order valence-electron chi connectivity index (χ2n) is 7.63. The third kappa shape index (κ3) is 4.16. The summed E-state index contributed by atoms with van der Waals surface area (Å²) < 4.78 is 5.46. The average molecular weight is 368 g/mol. The number of piperazine rings is 1. The van der Waals surface area contributed by atoms with E-state index in [-0.39, 0.29) is 5.92 Å². The number of rotatable bonds is 4. The number of aryl methyl sites for hydroxylation is 1. The zero-order chi connectivity index (χ0) is 18.6. The van der Waals surface area contributed by atoms with Gasteiger partial charge >= 0.3 is 0 Å². The molecule has 27 heavy (non-hydrogen) atoms. The van der Waals surface area contributed by atoms with Gasteiger partial charge in [-0.3, -0.25) is 14.7 Å². The number of aromatic nitrogens is 1. The lowest BCUT2D eigenvalue weighted by Crippen LogP contribution is -2.52. The fraction of sp³-hybridized carbons (Fsp3) is 0.524. The second kappa shape index (κ2) is 8.13. The van der Waals surface area contributed by atoms with Gasteiger partial charge in [0.15, 0.2) is 0 Å². The molecule has 0 aromatic carbocycles. The molecule has 1 atom stereocenters. The predicted molar refractivity (Wildman–Crippen MR) is 104 cm³/mol. The van der Waals surface area contributed by atoms with E-state index in [4.69, 9.17) is 4.42 Å². The summed E-state index contributed by atoms with van der Waals surface area (Å²) in [6, 6.07) is 6.00. The highest BCUT2D eigenvalue weighted by Crippen LogP contribution is 2.24. The van der Waals surface area contributed by atoms with Crippen molar-refractivity contribution in [2.75, 3.05) is 44.2 Å². The zero-order valence-corrected chi connectivity index (χ0v) is 16.0. The minimum Gasteiger partial charge on any atom is -0.468 e. The summed E-state index contributed by atoms with van der Waals surface area (Å²) in [7, 11) is 0. The van der Waals surface area contributed by atoms with Gasteiger partial charge in [0, 0.05) is 50.8 Å². The van der Waals surface area contributed by atoms with Crippen molar-refractivity contribution < 1.29 is 9.21 Å². The van der Waals surface area contributed by atoms with Crippen molar-refractivity contribution in [2.24, 2.45) is 5.92 Å². The Morgan fingerprint density at radius 3 is 2.81 bits per heavy atom. The Morgan fingerprint density at radius 2 is 2.07 bits per heavy atom. The first-order valence-corrected chi connectivity index (χ1v) is 9.90. The Kier molecular flexibility index (Phi) is 5.43. The molecule has 2 fully saturated rings. The fourth-order valence-electron chi connectivity index (χ4n) is 4.27. The van der Waals surface area contributed by atoms with Gasteiger partial charge in [0.05, 0.1) is 18.7 Å². The van der Waals surface area contributed by atoms with Crippen molar-refractivity contribution in [3.8, 4) is 0 Å². The van der Waals surface area contributed by atoms with Crippen LogP contribution in [0.4, 0.5) is 5.69 Å². The highest BCUT2D eigenvalue weighted by Gasteiger charge is 2.31. The van der Waals surface area contributed by atoms with Gasteiger partial charge in [0.25, 0.3) is 0 Å². The van der Waals surface area contributed by atoms with Crippen molar-refractivity contribution in [3.05, 3.63) is 48.2 Å². The first kappa shape index (κ1) is 18.0. The Hall–Kier alpha value is -2.34. The summed E-state index contributed by atoms with van der Waals surface area (Å²) >= 11 is 0. The van der Waals surface area contributed by atoms with E-state index >= 15 is 0 Å². The van der Waals surface area contributed by atoms with Crippen molar-refractivity contribution in [2.45, 2.75) is 26.3 Å². The molecule has 0 aliphatic carbocycles. The van der Waals surface area contributed by atoms with E-state index in [0.717, 1.165) is 64.4 Å². The molecule has 2 aromatic heterocycles. The van der Waals surface area contributed by atoms with Crippen LogP contribution in [0, 0.1) is 12.8 Å². The molecule has 0 unspecified atom stereocenters. The second-order valence-corrected chi connectivity index (χ2v) is 7.63. The monoisotopic (exact) mass is 368 g/mol. The van der Waals surface area contributed by atoms with E-state index < -0.39 is 0 Å². The molecular formula is C21H28N4O2.